The van der Waals surface area contributed by atoms with Crippen LogP contribution in [0, 0.1) is 0 Å². The van der Waals surface area contributed by atoms with Gasteiger partial charge >= 0.3 is 0 Å². The zero-order chi connectivity index (χ0) is 12.4. The van der Waals surface area contributed by atoms with Crippen LogP contribution in [0.2, 0.25) is 0 Å². The molecule has 1 heterocycles. The monoisotopic (exact) mass is 249 g/mol. The third-order valence-corrected chi connectivity index (χ3v) is 3.07. The van der Waals surface area contributed by atoms with E-state index in [-0.39, 0.29) is 10.8 Å². The molecule has 0 spiro atoms. The van der Waals surface area contributed by atoms with Gasteiger partial charge in [-0.15, -0.1) is 0 Å². The second-order valence-electron chi connectivity index (χ2n) is 3.63. The molecule has 17 heavy (non-hydrogen) atoms. The summed E-state index contributed by atoms with van der Waals surface area (Å²) in [6.07, 6.45) is -0.824. The number of aliphatic hydroxyl groups is 1. The van der Waals surface area contributed by atoms with Gasteiger partial charge in [0.1, 0.15) is 5.70 Å². The Morgan fingerprint density at radius 2 is 1.94 bits per heavy atom. The van der Waals surface area contributed by atoms with Gasteiger partial charge in [-0.2, -0.15) is 0 Å². The maximum atomic E-state index is 11.6. The van der Waals surface area contributed by atoms with Crippen molar-refractivity contribution >= 4 is 27.7 Å². The summed E-state index contributed by atoms with van der Waals surface area (Å²) in [5, 5.41) is 11.5. The number of nitrogens with one attached hydrogen (secondary N) is 1. The quantitative estimate of drug-likeness (QED) is 0.784. The Kier molecular flexibility index (Phi) is 3.31. The fourth-order valence-corrected chi connectivity index (χ4v) is 2.29. The van der Waals surface area contributed by atoms with Crippen LogP contribution in [-0.4, -0.2) is 21.6 Å². The SMILES string of the molecule is CC(O)C(=C1NC(=O)SC1=O)c1ccccc1. The summed E-state index contributed by atoms with van der Waals surface area (Å²) in [6.45, 7) is 1.57. The smallest absolute Gasteiger partial charge is 0.291 e. The van der Waals surface area contributed by atoms with Gasteiger partial charge < -0.3 is 10.4 Å². The van der Waals surface area contributed by atoms with Crippen molar-refractivity contribution in [2.24, 2.45) is 0 Å². The van der Waals surface area contributed by atoms with Crippen LogP contribution in [0.5, 0.6) is 0 Å². The van der Waals surface area contributed by atoms with E-state index in [9.17, 15) is 14.7 Å². The standard InChI is InChI=1S/C12H11NO3S/c1-7(14)9(8-5-3-2-4-6-8)10-11(15)17-12(16)13-10/h2-7,14H,1H3,(H,13,16). The lowest BCUT2D eigenvalue weighted by Gasteiger charge is -2.13. The van der Waals surface area contributed by atoms with Crippen LogP contribution in [0.15, 0.2) is 36.0 Å². The summed E-state index contributed by atoms with van der Waals surface area (Å²) in [5.74, 6) is 0. The largest absolute Gasteiger partial charge is 0.389 e. The van der Waals surface area contributed by atoms with Gasteiger partial charge in [-0.1, -0.05) is 30.3 Å². The lowest BCUT2D eigenvalue weighted by Crippen LogP contribution is -2.18. The van der Waals surface area contributed by atoms with Gasteiger partial charge in [0.05, 0.1) is 6.10 Å². The van der Waals surface area contributed by atoms with E-state index in [0.29, 0.717) is 17.3 Å². The van der Waals surface area contributed by atoms with Crippen LogP contribution in [0.3, 0.4) is 0 Å². The van der Waals surface area contributed by atoms with Crippen LogP contribution in [0.4, 0.5) is 4.79 Å². The first-order valence-corrected chi connectivity index (χ1v) is 5.92. The van der Waals surface area contributed by atoms with Gasteiger partial charge in [-0.3, -0.25) is 9.59 Å². The molecule has 1 aromatic carbocycles. The van der Waals surface area contributed by atoms with Gasteiger partial charge in [-0.25, -0.2) is 0 Å². The van der Waals surface area contributed by atoms with Crippen molar-refractivity contribution < 1.29 is 14.7 Å². The van der Waals surface area contributed by atoms with E-state index in [1.54, 1.807) is 19.1 Å². The minimum absolute atomic E-state index is 0.182. The number of hydrogen-bond acceptors (Lipinski definition) is 4. The molecule has 5 heteroatoms. The summed E-state index contributed by atoms with van der Waals surface area (Å²) in [5.41, 5.74) is 1.36. The van der Waals surface area contributed by atoms with Crippen LogP contribution < -0.4 is 5.32 Å². The van der Waals surface area contributed by atoms with Crippen molar-refractivity contribution in [2.75, 3.05) is 0 Å². The van der Waals surface area contributed by atoms with Gasteiger partial charge in [0.15, 0.2) is 0 Å². The number of aliphatic hydroxyl groups excluding tert-OH is 1. The fourth-order valence-electron chi connectivity index (χ4n) is 1.70. The number of thioether (sulfide) groups is 1. The number of hydrogen-bond donors (Lipinski definition) is 2. The summed E-state index contributed by atoms with van der Waals surface area (Å²) in [7, 11) is 0. The van der Waals surface area contributed by atoms with Gasteiger partial charge in [0.2, 0.25) is 5.12 Å². The highest BCUT2D eigenvalue weighted by molar-refractivity contribution is 8.27. The number of rotatable bonds is 2. The molecule has 1 aliphatic rings. The molecule has 1 aliphatic heterocycles. The third-order valence-electron chi connectivity index (χ3n) is 2.39. The first kappa shape index (κ1) is 11.9. The second-order valence-corrected chi connectivity index (χ2v) is 4.58. The van der Waals surface area contributed by atoms with Crippen LogP contribution >= 0.6 is 11.8 Å². The Hall–Kier alpha value is -1.59. The Labute approximate surface area is 103 Å². The van der Waals surface area contributed by atoms with Gasteiger partial charge in [0.25, 0.3) is 5.24 Å². The van der Waals surface area contributed by atoms with Gasteiger partial charge in [-0.05, 0) is 12.5 Å². The van der Waals surface area contributed by atoms with Crippen LogP contribution in [0.25, 0.3) is 5.57 Å². The van der Waals surface area contributed by atoms with E-state index in [0.717, 1.165) is 5.56 Å². The molecular weight excluding hydrogens is 238 g/mol. The number of amides is 1. The van der Waals surface area contributed by atoms with E-state index < -0.39 is 11.3 Å². The molecule has 1 unspecified atom stereocenters. The van der Waals surface area contributed by atoms with E-state index in [1.807, 2.05) is 18.2 Å². The van der Waals surface area contributed by atoms with E-state index in [1.165, 1.54) is 0 Å². The molecule has 88 valence electrons. The van der Waals surface area contributed by atoms with Crippen LogP contribution in [-0.2, 0) is 4.79 Å². The predicted molar refractivity (Wildman–Crippen MR) is 66.2 cm³/mol. The molecule has 0 aliphatic carbocycles. The summed E-state index contributed by atoms with van der Waals surface area (Å²) in [4.78, 5) is 22.8. The first-order chi connectivity index (χ1) is 8.09. The third kappa shape index (κ3) is 2.40. The number of carbonyl (C=O) groups is 2. The van der Waals surface area contributed by atoms with Crippen molar-refractivity contribution in [1.29, 1.82) is 0 Å². The molecule has 1 amide bonds. The normalized spacial score (nSPS) is 20.1. The molecule has 1 aromatic rings. The fraction of sp³-hybridized carbons (Fsp3) is 0.167. The summed E-state index contributed by atoms with van der Waals surface area (Å²) in [6, 6.07) is 9.05. The maximum absolute atomic E-state index is 11.6. The zero-order valence-corrected chi connectivity index (χ0v) is 9.95. The molecule has 0 radical (unpaired) electrons. The van der Waals surface area contributed by atoms with E-state index in [2.05, 4.69) is 5.32 Å². The lowest BCUT2D eigenvalue weighted by atomic mass is 9.99. The van der Waals surface area contributed by atoms with Crippen molar-refractivity contribution in [3.63, 3.8) is 0 Å². The Morgan fingerprint density at radius 3 is 2.41 bits per heavy atom. The molecule has 0 bridgehead atoms. The summed E-state index contributed by atoms with van der Waals surface area (Å²) >= 11 is 0.611. The molecule has 1 fully saturated rings. The van der Waals surface area contributed by atoms with Crippen molar-refractivity contribution in [3.05, 3.63) is 41.6 Å². The first-order valence-electron chi connectivity index (χ1n) is 5.10. The minimum atomic E-state index is -0.824. The summed E-state index contributed by atoms with van der Waals surface area (Å²) < 4.78 is 0. The minimum Gasteiger partial charge on any atom is -0.389 e. The van der Waals surface area contributed by atoms with Gasteiger partial charge in [0, 0.05) is 17.3 Å². The highest BCUT2D eigenvalue weighted by Gasteiger charge is 2.30. The average Bonchev–Trinajstić information content (AvgIpc) is 2.59. The van der Waals surface area contributed by atoms with Crippen molar-refractivity contribution in [3.8, 4) is 0 Å². The van der Waals surface area contributed by atoms with E-state index in [4.69, 9.17) is 0 Å². The second kappa shape index (κ2) is 4.73. The Morgan fingerprint density at radius 1 is 1.29 bits per heavy atom. The Bertz CT molecular complexity index is 494. The molecule has 2 N–H and O–H groups in total. The lowest BCUT2D eigenvalue weighted by molar-refractivity contribution is -0.107. The topological polar surface area (TPSA) is 66.4 Å². The van der Waals surface area contributed by atoms with Crippen molar-refractivity contribution in [2.45, 2.75) is 13.0 Å². The Balaban J connectivity index is 2.53. The van der Waals surface area contributed by atoms with E-state index >= 15 is 0 Å². The molecule has 1 saturated heterocycles. The van der Waals surface area contributed by atoms with Crippen LogP contribution in [0.1, 0.15) is 12.5 Å². The number of benzene rings is 1. The molecule has 1 atom stereocenters. The number of carbonyl (C=O) groups excluding carboxylic acids is 2. The molecule has 2 rings (SSSR count). The molecule has 4 nitrogen and oxygen atoms in total. The highest BCUT2D eigenvalue weighted by Crippen LogP contribution is 2.28. The average molecular weight is 249 g/mol. The highest BCUT2D eigenvalue weighted by atomic mass is 32.2. The molecular formula is C12H11NO3S. The molecule has 0 saturated carbocycles. The van der Waals surface area contributed by atoms with Crippen molar-refractivity contribution in [1.82, 2.24) is 5.32 Å². The predicted octanol–water partition coefficient (Wildman–Crippen LogP) is 1.76. The zero-order valence-electron chi connectivity index (χ0n) is 9.14. The molecule has 0 aromatic heterocycles. The maximum Gasteiger partial charge on any atom is 0.291 e.